The zero-order valence-electron chi connectivity index (χ0n) is 8.54. The molecule has 0 aliphatic carbocycles. The molecule has 0 heterocycles. The third kappa shape index (κ3) is 18.2. The van der Waals surface area contributed by atoms with Gasteiger partial charge in [-0.1, -0.05) is 20.3 Å². The van der Waals surface area contributed by atoms with Gasteiger partial charge in [0.25, 0.3) is 6.47 Å². The van der Waals surface area contributed by atoms with Crippen LogP contribution in [0.15, 0.2) is 0 Å². The Kier molecular flexibility index (Phi) is 15.0. The molecule has 0 N–H and O–H groups in total. The van der Waals surface area contributed by atoms with Crippen LogP contribution in [0.5, 0.6) is 0 Å². The van der Waals surface area contributed by atoms with Crippen LogP contribution < -0.4 is 0 Å². The van der Waals surface area contributed by atoms with Gasteiger partial charge in [0.2, 0.25) is 0 Å². The van der Waals surface area contributed by atoms with Gasteiger partial charge in [0.05, 0.1) is 13.7 Å². The van der Waals surface area contributed by atoms with Crippen molar-refractivity contribution in [3.05, 3.63) is 0 Å². The van der Waals surface area contributed by atoms with Crippen molar-refractivity contribution < 1.29 is 19.1 Å². The standard InChI is InChI=1S/C7H14O2.C2H4O2/c1-3-5-6-9-7(8)4-2;1-4-2-3/h3-6H2,1-2H3;2H,1H3. The quantitative estimate of drug-likeness (QED) is 0.375. The molecular weight excluding hydrogens is 172 g/mol. The molecule has 78 valence electrons. The van der Waals surface area contributed by atoms with Gasteiger partial charge in [-0.05, 0) is 6.42 Å². The van der Waals surface area contributed by atoms with Crippen LogP contribution in [0.3, 0.4) is 0 Å². The van der Waals surface area contributed by atoms with E-state index in [1.807, 2.05) is 0 Å². The molecule has 0 aromatic heterocycles. The molecule has 0 saturated heterocycles. The summed E-state index contributed by atoms with van der Waals surface area (Å²) in [5, 5.41) is 0. The highest BCUT2D eigenvalue weighted by Crippen LogP contribution is 1.90. The van der Waals surface area contributed by atoms with Crippen molar-refractivity contribution in [3.63, 3.8) is 0 Å². The molecule has 0 amide bonds. The van der Waals surface area contributed by atoms with Crippen molar-refractivity contribution in [2.45, 2.75) is 33.1 Å². The topological polar surface area (TPSA) is 52.6 Å². The maximum Gasteiger partial charge on any atom is 0.305 e. The van der Waals surface area contributed by atoms with E-state index >= 15 is 0 Å². The van der Waals surface area contributed by atoms with E-state index in [9.17, 15) is 4.79 Å². The lowest BCUT2D eigenvalue weighted by molar-refractivity contribution is -0.143. The molecule has 13 heavy (non-hydrogen) atoms. The Balaban J connectivity index is 0. The molecule has 0 fully saturated rings. The molecular formula is C9H18O4. The van der Waals surface area contributed by atoms with Crippen molar-refractivity contribution in [1.29, 1.82) is 0 Å². The average molecular weight is 190 g/mol. The molecule has 0 atom stereocenters. The lowest BCUT2D eigenvalue weighted by Crippen LogP contribution is -2.02. The maximum absolute atomic E-state index is 10.5. The fourth-order valence-corrected chi connectivity index (χ4v) is 0.432. The predicted octanol–water partition coefficient (Wildman–Crippen LogP) is 1.53. The number of carbonyl (C=O) groups is 2. The Morgan fingerprint density at radius 3 is 2.23 bits per heavy atom. The monoisotopic (exact) mass is 190 g/mol. The van der Waals surface area contributed by atoms with Crippen LogP contribution in [-0.2, 0) is 19.1 Å². The minimum Gasteiger partial charge on any atom is -0.471 e. The first-order valence-corrected chi connectivity index (χ1v) is 4.34. The van der Waals surface area contributed by atoms with Crippen molar-refractivity contribution in [2.24, 2.45) is 0 Å². The highest BCUT2D eigenvalue weighted by atomic mass is 16.5. The predicted molar refractivity (Wildman–Crippen MR) is 49.2 cm³/mol. The van der Waals surface area contributed by atoms with Crippen LogP contribution in [0.2, 0.25) is 0 Å². The van der Waals surface area contributed by atoms with E-state index in [1.54, 1.807) is 6.92 Å². The third-order valence-electron chi connectivity index (χ3n) is 1.15. The highest BCUT2D eigenvalue weighted by Gasteiger charge is 1.94. The Morgan fingerprint density at radius 1 is 1.38 bits per heavy atom. The summed E-state index contributed by atoms with van der Waals surface area (Å²) in [4.78, 5) is 19.4. The summed E-state index contributed by atoms with van der Waals surface area (Å²) in [6.07, 6.45) is 2.55. The number of carbonyl (C=O) groups excluding carboxylic acids is 2. The molecule has 0 unspecified atom stereocenters. The third-order valence-corrected chi connectivity index (χ3v) is 1.15. The maximum atomic E-state index is 10.5. The minimum absolute atomic E-state index is 0.0940. The largest absolute Gasteiger partial charge is 0.471 e. The van der Waals surface area contributed by atoms with Crippen LogP contribution >= 0.6 is 0 Å². The van der Waals surface area contributed by atoms with Gasteiger partial charge < -0.3 is 9.47 Å². The number of ether oxygens (including phenoxy) is 2. The van der Waals surface area contributed by atoms with Gasteiger partial charge in [-0.15, -0.1) is 0 Å². The van der Waals surface area contributed by atoms with E-state index in [4.69, 9.17) is 9.53 Å². The molecule has 0 saturated carbocycles. The Hall–Kier alpha value is -1.06. The van der Waals surface area contributed by atoms with E-state index in [1.165, 1.54) is 7.11 Å². The fourth-order valence-electron chi connectivity index (χ4n) is 0.432. The zero-order valence-corrected chi connectivity index (χ0v) is 8.54. The van der Waals surface area contributed by atoms with E-state index in [0.717, 1.165) is 12.8 Å². The first-order valence-electron chi connectivity index (χ1n) is 4.34. The fraction of sp³-hybridized carbons (Fsp3) is 0.778. The van der Waals surface area contributed by atoms with Gasteiger partial charge >= 0.3 is 5.97 Å². The Labute approximate surface area is 79.2 Å². The molecule has 0 spiro atoms. The highest BCUT2D eigenvalue weighted by molar-refractivity contribution is 5.68. The van der Waals surface area contributed by atoms with E-state index < -0.39 is 0 Å². The lowest BCUT2D eigenvalue weighted by Gasteiger charge is -1.99. The Bertz CT molecular complexity index is 123. The second-order valence-electron chi connectivity index (χ2n) is 2.26. The summed E-state index contributed by atoms with van der Waals surface area (Å²) in [6.45, 7) is 4.83. The second kappa shape index (κ2) is 13.5. The van der Waals surface area contributed by atoms with Gasteiger partial charge in [0.15, 0.2) is 0 Å². The molecule has 0 aliphatic heterocycles. The number of esters is 1. The van der Waals surface area contributed by atoms with E-state index in [-0.39, 0.29) is 5.97 Å². The molecule has 4 nitrogen and oxygen atoms in total. The van der Waals surface area contributed by atoms with Gasteiger partial charge in [-0.2, -0.15) is 0 Å². The number of unbranched alkanes of at least 4 members (excludes halogenated alkanes) is 1. The summed E-state index contributed by atoms with van der Waals surface area (Å²) in [5.74, 6) is -0.0940. The number of methoxy groups -OCH3 is 1. The normalized spacial score (nSPS) is 7.92. The second-order valence-corrected chi connectivity index (χ2v) is 2.26. The molecule has 4 heteroatoms. The molecule has 0 aliphatic rings. The SMILES string of the molecule is CCCCOC(=O)CC.COC=O. The van der Waals surface area contributed by atoms with E-state index in [2.05, 4.69) is 11.7 Å². The smallest absolute Gasteiger partial charge is 0.305 e. The molecule has 0 aromatic rings. The van der Waals surface area contributed by atoms with Crippen molar-refractivity contribution in [3.8, 4) is 0 Å². The van der Waals surface area contributed by atoms with Crippen molar-refractivity contribution in [1.82, 2.24) is 0 Å². The lowest BCUT2D eigenvalue weighted by atomic mass is 10.4. The molecule has 0 bridgehead atoms. The zero-order chi connectivity index (χ0) is 10.5. The summed E-state index contributed by atoms with van der Waals surface area (Å²) < 4.78 is 8.65. The number of hydrogen-bond acceptors (Lipinski definition) is 4. The summed E-state index contributed by atoms with van der Waals surface area (Å²) in [6, 6.07) is 0. The molecule has 0 radical (unpaired) electrons. The Morgan fingerprint density at radius 2 is 1.92 bits per heavy atom. The number of rotatable bonds is 5. The van der Waals surface area contributed by atoms with Crippen molar-refractivity contribution in [2.75, 3.05) is 13.7 Å². The first kappa shape index (κ1) is 14.5. The summed E-state index contributed by atoms with van der Waals surface area (Å²) in [5.41, 5.74) is 0. The van der Waals surface area contributed by atoms with Gasteiger partial charge in [0.1, 0.15) is 0 Å². The van der Waals surface area contributed by atoms with Crippen LogP contribution in [0.4, 0.5) is 0 Å². The van der Waals surface area contributed by atoms with Gasteiger partial charge in [-0.25, -0.2) is 0 Å². The van der Waals surface area contributed by atoms with Crippen molar-refractivity contribution >= 4 is 12.4 Å². The summed E-state index contributed by atoms with van der Waals surface area (Å²) >= 11 is 0. The first-order chi connectivity index (χ1) is 6.22. The van der Waals surface area contributed by atoms with Crippen LogP contribution in [0, 0.1) is 0 Å². The van der Waals surface area contributed by atoms with Crippen LogP contribution in [-0.4, -0.2) is 26.2 Å². The van der Waals surface area contributed by atoms with Crippen LogP contribution in [0.25, 0.3) is 0 Å². The van der Waals surface area contributed by atoms with Crippen LogP contribution in [0.1, 0.15) is 33.1 Å². The molecule has 0 aromatic carbocycles. The number of hydrogen-bond donors (Lipinski definition) is 0. The summed E-state index contributed by atoms with van der Waals surface area (Å²) in [7, 11) is 1.31. The average Bonchev–Trinajstić information content (AvgIpc) is 2.18. The van der Waals surface area contributed by atoms with Gasteiger partial charge in [0, 0.05) is 6.42 Å². The van der Waals surface area contributed by atoms with Gasteiger partial charge in [-0.3, -0.25) is 9.59 Å². The van der Waals surface area contributed by atoms with E-state index in [0.29, 0.717) is 19.5 Å². The minimum atomic E-state index is -0.0940. The molecule has 0 rings (SSSR count).